The molecule has 3 unspecified atom stereocenters. The Bertz CT molecular complexity index is 752. The molecular weight excluding hydrogens is 388 g/mol. The summed E-state index contributed by atoms with van der Waals surface area (Å²) in [7, 11) is -4.86. The summed E-state index contributed by atoms with van der Waals surface area (Å²) >= 11 is 0. The molecule has 4 atom stereocenters. The summed E-state index contributed by atoms with van der Waals surface area (Å²) in [5.41, 5.74) is 9.82. The van der Waals surface area contributed by atoms with E-state index in [2.05, 4.69) is 0 Å². The van der Waals surface area contributed by atoms with Crippen LogP contribution < -0.4 is 11.5 Å². The molecule has 1 aromatic rings. The minimum atomic E-state index is -4.86. The number of aliphatic hydroxyl groups excluding tert-OH is 1. The first-order valence-electron chi connectivity index (χ1n) is 8.83. The Hall–Kier alpha value is -1.85. The van der Waals surface area contributed by atoms with E-state index in [0.29, 0.717) is 12.0 Å². The molecule has 0 radical (unpaired) electrons. The second kappa shape index (κ2) is 10.6. The Morgan fingerprint density at radius 2 is 1.68 bits per heavy atom. The molecule has 0 bridgehead atoms. The summed E-state index contributed by atoms with van der Waals surface area (Å²) in [6, 6.07) is 6.18. The Balaban J connectivity index is 2.95. The van der Waals surface area contributed by atoms with E-state index < -0.39 is 51.7 Å². The highest BCUT2D eigenvalue weighted by molar-refractivity contribution is 7.86. The van der Waals surface area contributed by atoms with Crippen molar-refractivity contribution in [2.45, 2.75) is 50.8 Å². The average Bonchev–Trinajstić information content (AvgIpc) is 2.62. The number of rotatable bonds is 11. The van der Waals surface area contributed by atoms with Gasteiger partial charge in [0.15, 0.2) is 11.2 Å². The van der Waals surface area contributed by atoms with Gasteiger partial charge in [0.05, 0.1) is 6.04 Å². The molecule has 0 fully saturated rings. The number of hydrogen-bond donors (Lipinski definition) is 4. The van der Waals surface area contributed by atoms with Gasteiger partial charge in [-0.1, -0.05) is 44.2 Å². The first kappa shape index (κ1) is 24.2. The highest BCUT2D eigenvalue weighted by Gasteiger charge is 2.37. The van der Waals surface area contributed by atoms with Gasteiger partial charge in [0.1, 0.15) is 12.5 Å². The molecule has 1 rings (SSSR count). The zero-order valence-electron chi connectivity index (χ0n) is 15.9. The summed E-state index contributed by atoms with van der Waals surface area (Å²) in [5, 5.41) is 9.60. The minimum Gasteiger partial charge on any atom is -0.460 e. The van der Waals surface area contributed by atoms with Crippen LogP contribution in [0.4, 0.5) is 0 Å². The number of ketones is 1. The van der Waals surface area contributed by atoms with E-state index >= 15 is 0 Å². The molecule has 158 valence electrons. The SMILES string of the molecule is CC(C)C[C@H](N)C(=O)C(CC(N)C(O)S(=O)(=O)O)C(=O)OCc1ccccc1. The van der Waals surface area contributed by atoms with E-state index in [1.54, 1.807) is 30.3 Å². The van der Waals surface area contributed by atoms with Gasteiger partial charge in [-0.25, -0.2) is 0 Å². The molecule has 0 heterocycles. The third-order valence-electron chi connectivity index (χ3n) is 4.12. The molecule has 0 spiro atoms. The number of nitrogens with two attached hydrogens (primary N) is 2. The van der Waals surface area contributed by atoms with Crippen LogP contribution in [0.5, 0.6) is 0 Å². The fourth-order valence-electron chi connectivity index (χ4n) is 2.65. The molecule has 10 heteroatoms. The van der Waals surface area contributed by atoms with Crippen molar-refractivity contribution in [3.8, 4) is 0 Å². The summed E-state index contributed by atoms with van der Waals surface area (Å²) in [6.45, 7) is 3.60. The molecule has 0 aliphatic rings. The van der Waals surface area contributed by atoms with Crippen LogP contribution in [0.2, 0.25) is 0 Å². The fraction of sp³-hybridized carbons (Fsp3) is 0.556. The maximum absolute atomic E-state index is 12.7. The normalized spacial score (nSPS) is 16.2. The van der Waals surface area contributed by atoms with Crippen molar-refractivity contribution in [1.29, 1.82) is 0 Å². The number of ether oxygens (including phenoxy) is 1. The molecule has 0 aliphatic carbocycles. The zero-order valence-corrected chi connectivity index (χ0v) is 16.7. The summed E-state index contributed by atoms with van der Waals surface area (Å²) in [6.07, 6.45) is -0.239. The lowest BCUT2D eigenvalue weighted by Crippen LogP contribution is -2.47. The quantitative estimate of drug-likeness (QED) is 0.224. The minimum absolute atomic E-state index is 0.0806. The van der Waals surface area contributed by atoms with Crippen LogP contribution in [0.15, 0.2) is 30.3 Å². The van der Waals surface area contributed by atoms with Crippen molar-refractivity contribution in [3.05, 3.63) is 35.9 Å². The topological polar surface area (TPSA) is 170 Å². The number of carbonyl (C=O) groups excluding carboxylic acids is 2. The number of aliphatic hydroxyl groups is 1. The molecule has 0 amide bonds. The molecule has 9 nitrogen and oxygen atoms in total. The van der Waals surface area contributed by atoms with Crippen LogP contribution >= 0.6 is 0 Å². The van der Waals surface area contributed by atoms with Gasteiger partial charge in [-0.15, -0.1) is 0 Å². The van der Waals surface area contributed by atoms with E-state index in [-0.39, 0.29) is 12.5 Å². The van der Waals surface area contributed by atoms with Crippen LogP contribution in [-0.4, -0.2) is 47.3 Å². The van der Waals surface area contributed by atoms with E-state index in [1.807, 2.05) is 13.8 Å². The summed E-state index contributed by atoms with van der Waals surface area (Å²) in [4.78, 5) is 25.2. The molecule has 0 saturated heterocycles. The number of benzene rings is 1. The highest BCUT2D eigenvalue weighted by Crippen LogP contribution is 2.18. The molecule has 0 saturated carbocycles. The number of esters is 1. The number of hydrogen-bond acceptors (Lipinski definition) is 8. The third-order valence-corrected chi connectivity index (χ3v) is 5.08. The lowest BCUT2D eigenvalue weighted by molar-refractivity contribution is -0.154. The van der Waals surface area contributed by atoms with E-state index in [4.69, 9.17) is 20.8 Å². The molecule has 0 aromatic heterocycles. The van der Waals surface area contributed by atoms with Crippen molar-refractivity contribution >= 4 is 21.9 Å². The summed E-state index contributed by atoms with van der Waals surface area (Å²) in [5.74, 6) is -2.98. The maximum Gasteiger partial charge on any atom is 0.316 e. The zero-order chi connectivity index (χ0) is 21.5. The summed E-state index contributed by atoms with van der Waals surface area (Å²) < 4.78 is 36.3. The van der Waals surface area contributed by atoms with Crippen molar-refractivity contribution < 1.29 is 32.4 Å². The Kier molecular flexibility index (Phi) is 9.18. The number of carbonyl (C=O) groups is 2. The standard InChI is InChI=1S/C18H28N2O7S/c1-11(2)8-14(19)16(21)13(9-15(20)18(23)28(24,25)26)17(22)27-10-12-6-4-3-5-7-12/h3-7,11,13-15,18,23H,8-10,19-20H2,1-2H3,(H,24,25,26)/t13?,14-,15?,18?/m0/s1. The van der Waals surface area contributed by atoms with Gasteiger partial charge in [0.25, 0.3) is 10.1 Å². The van der Waals surface area contributed by atoms with Crippen molar-refractivity contribution in [1.82, 2.24) is 0 Å². The van der Waals surface area contributed by atoms with Crippen molar-refractivity contribution in [2.24, 2.45) is 23.3 Å². The van der Waals surface area contributed by atoms with Gasteiger partial charge < -0.3 is 21.3 Å². The molecule has 28 heavy (non-hydrogen) atoms. The largest absolute Gasteiger partial charge is 0.460 e. The Labute approximate surface area is 164 Å². The van der Waals surface area contributed by atoms with E-state index in [0.717, 1.165) is 0 Å². The molecule has 1 aromatic carbocycles. The van der Waals surface area contributed by atoms with Crippen LogP contribution in [0.3, 0.4) is 0 Å². The average molecular weight is 416 g/mol. The highest BCUT2D eigenvalue weighted by atomic mass is 32.2. The predicted octanol–water partition coefficient (Wildman–Crippen LogP) is 0.212. The van der Waals surface area contributed by atoms with Gasteiger partial charge in [0, 0.05) is 6.04 Å². The lowest BCUT2D eigenvalue weighted by Gasteiger charge is -2.24. The first-order valence-corrected chi connectivity index (χ1v) is 10.3. The monoisotopic (exact) mass is 416 g/mol. The van der Waals surface area contributed by atoms with Gasteiger partial charge >= 0.3 is 5.97 Å². The molecule has 6 N–H and O–H groups in total. The Morgan fingerprint density at radius 3 is 2.18 bits per heavy atom. The van der Waals surface area contributed by atoms with Gasteiger partial charge in [-0.3, -0.25) is 14.1 Å². The maximum atomic E-state index is 12.7. The predicted molar refractivity (Wildman–Crippen MR) is 102 cm³/mol. The smallest absolute Gasteiger partial charge is 0.316 e. The number of Topliss-reactive ketones (excluding diaryl/α,β-unsaturated/α-hetero) is 1. The second-order valence-corrected chi connectivity index (χ2v) is 8.60. The van der Waals surface area contributed by atoms with Crippen molar-refractivity contribution in [2.75, 3.05) is 0 Å². The van der Waals surface area contributed by atoms with Crippen LogP contribution in [0, 0.1) is 11.8 Å². The Morgan fingerprint density at radius 1 is 1.11 bits per heavy atom. The van der Waals surface area contributed by atoms with Crippen LogP contribution in [0.25, 0.3) is 0 Å². The molecule has 0 aliphatic heterocycles. The second-order valence-electron chi connectivity index (χ2n) is 7.09. The third kappa shape index (κ3) is 7.64. The first-order chi connectivity index (χ1) is 12.9. The lowest BCUT2D eigenvalue weighted by atomic mass is 9.88. The van der Waals surface area contributed by atoms with Gasteiger partial charge in [0.2, 0.25) is 0 Å². The van der Waals surface area contributed by atoms with Gasteiger partial charge in [-0.05, 0) is 24.3 Å². The molecular formula is C18H28N2O7S. The van der Waals surface area contributed by atoms with Crippen LogP contribution in [0.1, 0.15) is 32.3 Å². The van der Waals surface area contributed by atoms with Crippen molar-refractivity contribution in [3.63, 3.8) is 0 Å². The fourth-order valence-corrected chi connectivity index (χ4v) is 3.20. The van der Waals surface area contributed by atoms with E-state index in [9.17, 15) is 23.1 Å². The van der Waals surface area contributed by atoms with E-state index in [1.165, 1.54) is 0 Å². The van der Waals surface area contributed by atoms with Gasteiger partial charge in [-0.2, -0.15) is 8.42 Å². The van der Waals surface area contributed by atoms with Crippen LogP contribution in [-0.2, 0) is 31.1 Å².